The third kappa shape index (κ3) is 1.70. The van der Waals surface area contributed by atoms with Gasteiger partial charge in [0.05, 0.1) is 18.1 Å². The molecule has 1 N–H and O–H groups in total. The summed E-state index contributed by atoms with van der Waals surface area (Å²) in [5, 5.41) is 12.4. The smallest absolute Gasteiger partial charge is 0.220 e. The molecule has 2 aromatic rings. The second kappa shape index (κ2) is 4.37. The molecule has 1 aromatic carbocycles. The molecule has 0 fully saturated rings. The summed E-state index contributed by atoms with van der Waals surface area (Å²) in [6, 6.07) is 6.56. The van der Waals surface area contributed by atoms with Gasteiger partial charge < -0.3 is 19.8 Å². The van der Waals surface area contributed by atoms with Gasteiger partial charge in [-0.1, -0.05) is 18.2 Å². The number of H-pyrrole nitrogens is 1. The number of carbonyl (C=O) groups is 2. The maximum Gasteiger partial charge on any atom is 0.220 e. The van der Waals surface area contributed by atoms with E-state index in [4.69, 9.17) is 0 Å². The highest BCUT2D eigenvalue weighted by Gasteiger charge is 2.36. The summed E-state index contributed by atoms with van der Waals surface area (Å²) in [7, 11) is 0. The van der Waals surface area contributed by atoms with Crippen molar-refractivity contribution in [2.45, 2.75) is 32.4 Å². The number of hydrogen-bond acceptors (Lipinski definition) is 3. The van der Waals surface area contributed by atoms with Gasteiger partial charge in [-0.15, -0.1) is 0 Å². The van der Waals surface area contributed by atoms with Crippen molar-refractivity contribution in [2.24, 2.45) is 0 Å². The molecule has 0 spiro atoms. The van der Waals surface area contributed by atoms with Crippen LogP contribution in [0.2, 0.25) is 0 Å². The highest BCUT2D eigenvalue weighted by atomic mass is 16.4. The predicted molar refractivity (Wildman–Crippen MR) is 71.7 cm³/mol. The molecule has 1 amide bonds. The van der Waals surface area contributed by atoms with Crippen LogP contribution in [-0.2, 0) is 16.0 Å². The van der Waals surface area contributed by atoms with Crippen LogP contribution in [-0.4, -0.2) is 27.8 Å². The second-order valence-corrected chi connectivity index (χ2v) is 5.20. The van der Waals surface area contributed by atoms with Crippen molar-refractivity contribution in [3.05, 3.63) is 35.5 Å². The number of rotatable bonds is 1. The van der Waals surface area contributed by atoms with Gasteiger partial charge in [0, 0.05) is 29.9 Å². The zero-order valence-corrected chi connectivity index (χ0v) is 11.3. The molecule has 1 aliphatic heterocycles. The summed E-state index contributed by atoms with van der Waals surface area (Å²) >= 11 is 0. The molecule has 5 heteroatoms. The predicted octanol–water partition coefficient (Wildman–Crippen LogP) is 0.752. The van der Waals surface area contributed by atoms with Gasteiger partial charge in [0.1, 0.15) is 0 Å². The highest BCUT2D eigenvalue weighted by Crippen LogP contribution is 2.36. The molecule has 3 rings (SSSR count). The molecular formula is C15H15N2O3-. The maximum absolute atomic E-state index is 11.8. The Morgan fingerprint density at radius 2 is 2.05 bits per heavy atom. The molecule has 1 aliphatic rings. The molecule has 1 aromatic heterocycles. The van der Waals surface area contributed by atoms with Crippen LogP contribution >= 0.6 is 0 Å². The number of carbonyl (C=O) groups excluding carboxylic acids is 2. The van der Waals surface area contributed by atoms with Crippen LogP contribution in [0.15, 0.2) is 24.3 Å². The molecule has 2 unspecified atom stereocenters. The van der Waals surface area contributed by atoms with E-state index in [1.165, 1.54) is 11.8 Å². The van der Waals surface area contributed by atoms with Crippen LogP contribution in [0.1, 0.15) is 31.1 Å². The lowest BCUT2D eigenvalue weighted by atomic mass is 9.92. The molecular weight excluding hydrogens is 256 g/mol. The minimum atomic E-state index is -1.21. The van der Waals surface area contributed by atoms with E-state index in [0.29, 0.717) is 0 Å². The van der Waals surface area contributed by atoms with Gasteiger partial charge in [-0.05, 0) is 18.6 Å². The first-order valence-corrected chi connectivity index (χ1v) is 6.60. The number of hydrogen-bond donors (Lipinski definition) is 1. The van der Waals surface area contributed by atoms with Gasteiger partial charge in [0.25, 0.3) is 0 Å². The number of fused-ring (bicyclic) bond motifs is 3. The Kier molecular flexibility index (Phi) is 2.78. The van der Waals surface area contributed by atoms with Crippen molar-refractivity contribution in [2.75, 3.05) is 0 Å². The number of para-hydroxylation sites is 1. The van der Waals surface area contributed by atoms with Crippen molar-refractivity contribution < 1.29 is 14.7 Å². The Labute approximate surface area is 116 Å². The number of carboxylic acids is 1. The Balaban J connectivity index is 2.20. The first kappa shape index (κ1) is 12.7. The normalized spacial score (nSPS) is 21.8. The van der Waals surface area contributed by atoms with E-state index in [-0.39, 0.29) is 18.4 Å². The van der Waals surface area contributed by atoms with Gasteiger partial charge in [0.15, 0.2) is 0 Å². The monoisotopic (exact) mass is 271 g/mol. The number of aliphatic carboxylic acids is 1. The Morgan fingerprint density at radius 1 is 1.35 bits per heavy atom. The van der Waals surface area contributed by atoms with Gasteiger partial charge in [-0.2, -0.15) is 0 Å². The first-order valence-electron chi connectivity index (χ1n) is 6.60. The fourth-order valence-electron chi connectivity index (χ4n) is 3.19. The lowest BCUT2D eigenvalue weighted by molar-refractivity contribution is -0.312. The van der Waals surface area contributed by atoms with Crippen LogP contribution in [0.3, 0.4) is 0 Å². The van der Waals surface area contributed by atoms with Crippen LogP contribution in [0, 0.1) is 0 Å². The van der Waals surface area contributed by atoms with Crippen molar-refractivity contribution in [1.82, 2.24) is 9.88 Å². The number of amides is 1. The van der Waals surface area contributed by atoms with E-state index >= 15 is 0 Å². The number of benzene rings is 1. The average Bonchev–Trinajstić information content (AvgIpc) is 2.77. The van der Waals surface area contributed by atoms with Crippen LogP contribution in [0.4, 0.5) is 0 Å². The molecule has 2 atom stereocenters. The van der Waals surface area contributed by atoms with E-state index in [2.05, 4.69) is 4.98 Å². The zero-order chi connectivity index (χ0) is 14.4. The van der Waals surface area contributed by atoms with Gasteiger partial charge in [0.2, 0.25) is 5.91 Å². The zero-order valence-electron chi connectivity index (χ0n) is 11.3. The number of nitrogens with one attached hydrogen (secondary N) is 1. The standard InChI is InChI=1S/C15H16N2O3/c1-8-14-11(10-5-3-4-6-12(10)16-14)7-13(15(19)20)17(8)9(2)18/h3-6,8,13,16H,7H2,1-2H3,(H,19,20)/p-1. The van der Waals surface area contributed by atoms with Crippen LogP contribution < -0.4 is 5.11 Å². The van der Waals surface area contributed by atoms with E-state index in [1.807, 2.05) is 31.2 Å². The summed E-state index contributed by atoms with van der Waals surface area (Å²) in [5.74, 6) is -1.46. The minimum absolute atomic E-state index is 0.254. The van der Waals surface area contributed by atoms with Gasteiger partial charge in [-0.3, -0.25) is 4.79 Å². The van der Waals surface area contributed by atoms with Crippen molar-refractivity contribution >= 4 is 22.8 Å². The second-order valence-electron chi connectivity index (χ2n) is 5.20. The fraction of sp³-hybridized carbons (Fsp3) is 0.333. The van der Waals surface area contributed by atoms with E-state index in [1.54, 1.807) is 0 Å². The van der Waals surface area contributed by atoms with Crippen LogP contribution in [0.25, 0.3) is 10.9 Å². The summed E-state index contributed by atoms with van der Waals surface area (Å²) in [6.07, 6.45) is 0.283. The van der Waals surface area contributed by atoms with E-state index < -0.39 is 12.0 Å². The Hall–Kier alpha value is -2.30. The van der Waals surface area contributed by atoms with E-state index in [9.17, 15) is 14.7 Å². The third-order valence-corrected chi connectivity index (χ3v) is 4.05. The van der Waals surface area contributed by atoms with Crippen LogP contribution in [0.5, 0.6) is 0 Å². The summed E-state index contributed by atoms with van der Waals surface area (Å²) in [6.45, 7) is 3.23. The molecule has 2 heterocycles. The number of aromatic amines is 1. The molecule has 20 heavy (non-hydrogen) atoms. The summed E-state index contributed by atoms with van der Waals surface area (Å²) in [5.41, 5.74) is 2.85. The minimum Gasteiger partial charge on any atom is -0.548 e. The largest absolute Gasteiger partial charge is 0.548 e. The average molecular weight is 271 g/mol. The lowest BCUT2D eigenvalue weighted by Gasteiger charge is -2.40. The lowest BCUT2D eigenvalue weighted by Crippen LogP contribution is -2.54. The first-order chi connectivity index (χ1) is 9.50. The topological polar surface area (TPSA) is 76.2 Å². The molecule has 0 aliphatic carbocycles. The van der Waals surface area contributed by atoms with Crippen molar-refractivity contribution in [3.8, 4) is 0 Å². The molecule has 0 bridgehead atoms. The SMILES string of the molecule is CC(=O)N1C(C(=O)[O-])Cc2c([nH]c3ccccc23)C1C. The Morgan fingerprint density at radius 3 is 2.70 bits per heavy atom. The molecule has 0 saturated heterocycles. The fourth-order valence-corrected chi connectivity index (χ4v) is 3.19. The highest BCUT2D eigenvalue weighted by molar-refractivity contribution is 5.89. The molecule has 0 radical (unpaired) electrons. The van der Waals surface area contributed by atoms with Crippen molar-refractivity contribution in [3.63, 3.8) is 0 Å². The number of nitrogens with zero attached hydrogens (tertiary/aromatic N) is 1. The molecule has 104 valence electrons. The quantitative estimate of drug-likeness (QED) is 0.831. The van der Waals surface area contributed by atoms with E-state index in [0.717, 1.165) is 22.2 Å². The van der Waals surface area contributed by atoms with Crippen molar-refractivity contribution in [1.29, 1.82) is 0 Å². The summed E-state index contributed by atoms with van der Waals surface area (Å²) < 4.78 is 0. The number of aromatic nitrogens is 1. The van der Waals surface area contributed by atoms with Gasteiger partial charge >= 0.3 is 0 Å². The maximum atomic E-state index is 11.8. The third-order valence-electron chi connectivity index (χ3n) is 4.05. The molecule has 0 saturated carbocycles. The molecule has 5 nitrogen and oxygen atoms in total. The Bertz CT molecular complexity index is 704. The van der Waals surface area contributed by atoms with Gasteiger partial charge in [-0.25, -0.2) is 0 Å². The summed E-state index contributed by atoms with van der Waals surface area (Å²) in [4.78, 5) is 27.8. The number of carboxylic acid groups (broad SMARTS) is 1.